The van der Waals surface area contributed by atoms with Crippen LogP contribution >= 0.6 is 0 Å². The van der Waals surface area contributed by atoms with Crippen LogP contribution in [0.5, 0.6) is 0 Å². The van der Waals surface area contributed by atoms with Gasteiger partial charge in [-0.15, -0.1) is 0 Å². The van der Waals surface area contributed by atoms with Crippen LogP contribution in [0, 0.1) is 0 Å². The van der Waals surface area contributed by atoms with Gasteiger partial charge in [0.05, 0.1) is 42.3 Å². The molecule has 0 saturated carbocycles. The number of hydrogen-bond acceptors (Lipinski definition) is 7. The number of hydrogen-bond donors (Lipinski definition) is 2. The first-order valence-corrected chi connectivity index (χ1v) is 13.0. The van der Waals surface area contributed by atoms with Gasteiger partial charge in [0.1, 0.15) is 0 Å². The first-order chi connectivity index (χ1) is 19.0. The topological polar surface area (TPSA) is 89.1 Å². The minimum atomic E-state index is -0.420. The van der Waals surface area contributed by atoms with Crippen LogP contribution in [0.2, 0.25) is 0 Å². The van der Waals surface area contributed by atoms with E-state index in [0.29, 0.717) is 35.7 Å². The maximum atomic E-state index is 13.2. The minimum absolute atomic E-state index is 0.235. The predicted octanol–water partition coefficient (Wildman–Crippen LogP) is 4.89. The highest BCUT2D eigenvalue weighted by Gasteiger charge is 2.29. The van der Waals surface area contributed by atoms with Crippen LogP contribution in [0.1, 0.15) is 34.0 Å². The summed E-state index contributed by atoms with van der Waals surface area (Å²) in [5.41, 5.74) is 5.80. The lowest BCUT2D eigenvalue weighted by Gasteiger charge is -2.22. The van der Waals surface area contributed by atoms with Crippen LogP contribution in [0.4, 0.5) is 11.4 Å². The van der Waals surface area contributed by atoms with Crippen molar-refractivity contribution in [2.75, 3.05) is 57.8 Å². The van der Waals surface area contributed by atoms with Gasteiger partial charge < -0.3 is 24.8 Å². The highest BCUT2D eigenvalue weighted by atomic mass is 16.5. The van der Waals surface area contributed by atoms with Gasteiger partial charge in [0.25, 0.3) is 5.91 Å². The normalized spacial score (nSPS) is 13.7. The van der Waals surface area contributed by atoms with Gasteiger partial charge in [0.15, 0.2) is 0 Å². The van der Waals surface area contributed by atoms with Crippen molar-refractivity contribution in [3.8, 4) is 0 Å². The second-order valence-corrected chi connectivity index (χ2v) is 9.13. The molecule has 0 aromatic heterocycles. The van der Waals surface area contributed by atoms with E-state index in [1.54, 1.807) is 39.3 Å². The van der Waals surface area contributed by atoms with Crippen LogP contribution in [0.15, 0.2) is 72.8 Å². The van der Waals surface area contributed by atoms with Crippen LogP contribution in [0.3, 0.4) is 0 Å². The van der Waals surface area contributed by atoms with Gasteiger partial charge in [-0.2, -0.15) is 0 Å². The van der Waals surface area contributed by atoms with Gasteiger partial charge in [0.2, 0.25) is 0 Å². The van der Waals surface area contributed by atoms with Crippen LogP contribution in [-0.4, -0.2) is 63.9 Å². The summed E-state index contributed by atoms with van der Waals surface area (Å²) >= 11 is 0. The summed E-state index contributed by atoms with van der Waals surface area (Å²) in [6, 6.07) is 23.1. The molecule has 2 N–H and O–H groups in total. The summed E-state index contributed by atoms with van der Waals surface area (Å²) in [6.07, 6.45) is 0. The monoisotopic (exact) mass is 529 g/mol. The second-order valence-electron chi connectivity index (χ2n) is 9.13. The molecule has 39 heavy (non-hydrogen) atoms. The van der Waals surface area contributed by atoms with Gasteiger partial charge in [-0.25, -0.2) is 4.79 Å². The summed E-state index contributed by atoms with van der Waals surface area (Å²) in [5.74, 6) is -0.655. The molecule has 0 atom stereocenters. The fraction of sp³-hybridized carbons (Fsp3) is 0.290. The summed E-state index contributed by atoms with van der Waals surface area (Å²) in [7, 11) is 3.41. The largest absolute Gasteiger partial charge is 0.462 e. The number of fused-ring (bicyclic) bond motifs is 1. The lowest BCUT2D eigenvalue weighted by molar-refractivity contribution is -0.110. The molecule has 1 aliphatic heterocycles. The van der Waals surface area contributed by atoms with Crippen molar-refractivity contribution >= 4 is 34.5 Å². The number of benzene rings is 3. The first-order valence-electron chi connectivity index (χ1n) is 13.0. The smallest absolute Gasteiger partial charge is 0.338 e. The molecule has 4 rings (SSSR count). The zero-order chi connectivity index (χ0) is 27.6. The fourth-order valence-electron chi connectivity index (χ4n) is 4.45. The lowest BCUT2D eigenvalue weighted by atomic mass is 9.99. The van der Waals surface area contributed by atoms with E-state index < -0.39 is 5.97 Å². The predicted molar refractivity (Wildman–Crippen MR) is 153 cm³/mol. The summed E-state index contributed by atoms with van der Waals surface area (Å²) < 4.78 is 15.6. The fourth-order valence-corrected chi connectivity index (χ4v) is 4.45. The zero-order valence-corrected chi connectivity index (χ0v) is 22.7. The van der Waals surface area contributed by atoms with Crippen molar-refractivity contribution in [3.05, 3.63) is 95.1 Å². The average molecular weight is 530 g/mol. The third-order valence-electron chi connectivity index (χ3n) is 6.44. The molecule has 204 valence electrons. The highest BCUT2D eigenvalue weighted by Crippen LogP contribution is 2.38. The molecule has 3 aromatic carbocycles. The van der Waals surface area contributed by atoms with E-state index in [9.17, 15) is 9.59 Å². The molecular formula is C31H35N3O5. The third kappa shape index (κ3) is 7.11. The standard InChI is InChI=1S/C31H35N3O5/c1-4-39-31(36)24-12-15-26-27(20-24)33-30(35)28(26)29(23-8-6-5-7-9-23)32-25-13-10-22(11-14-25)21-34(16-18-37-2)17-19-38-3/h5-15,20,32H,4,16-19,21H2,1-3H3,(H,33,35). The van der Waals surface area contributed by atoms with Crippen molar-refractivity contribution in [1.29, 1.82) is 0 Å². The van der Waals surface area contributed by atoms with E-state index in [-0.39, 0.29) is 12.5 Å². The van der Waals surface area contributed by atoms with Crippen molar-refractivity contribution in [2.45, 2.75) is 13.5 Å². The summed E-state index contributed by atoms with van der Waals surface area (Å²) in [6.45, 7) is 5.76. The van der Waals surface area contributed by atoms with E-state index in [2.05, 4.69) is 27.7 Å². The van der Waals surface area contributed by atoms with Crippen LogP contribution in [-0.2, 0) is 25.5 Å². The summed E-state index contributed by atoms with van der Waals surface area (Å²) in [5, 5.41) is 6.40. The van der Waals surface area contributed by atoms with Gasteiger partial charge in [-0.05, 0) is 42.3 Å². The molecule has 8 nitrogen and oxygen atoms in total. The molecular weight excluding hydrogens is 494 g/mol. The molecule has 8 heteroatoms. The maximum absolute atomic E-state index is 13.2. The number of anilines is 2. The molecule has 0 bridgehead atoms. The van der Waals surface area contributed by atoms with Gasteiger partial charge in [0, 0.05) is 45.1 Å². The highest BCUT2D eigenvalue weighted by molar-refractivity contribution is 6.37. The van der Waals surface area contributed by atoms with Crippen molar-refractivity contribution in [3.63, 3.8) is 0 Å². The molecule has 1 aliphatic rings. The van der Waals surface area contributed by atoms with Gasteiger partial charge in [-0.1, -0.05) is 48.5 Å². The van der Waals surface area contributed by atoms with E-state index in [1.807, 2.05) is 42.5 Å². The Bertz CT molecular complexity index is 1300. The second kappa shape index (κ2) is 13.7. The number of amides is 1. The number of carbonyl (C=O) groups excluding carboxylic acids is 2. The summed E-state index contributed by atoms with van der Waals surface area (Å²) in [4.78, 5) is 27.8. The SMILES string of the molecule is CCOC(=O)c1ccc2c(c1)NC(=O)C2=C(Nc1ccc(CN(CCOC)CCOC)cc1)c1ccccc1. The zero-order valence-electron chi connectivity index (χ0n) is 22.7. The minimum Gasteiger partial charge on any atom is -0.462 e. The molecule has 1 amide bonds. The third-order valence-corrected chi connectivity index (χ3v) is 6.44. The number of esters is 1. The van der Waals surface area contributed by atoms with E-state index in [4.69, 9.17) is 14.2 Å². The van der Waals surface area contributed by atoms with Crippen LogP contribution < -0.4 is 10.6 Å². The van der Waals surface area contributed by atoms with Crippen molar-refractivity contribution in [2.24, 2.45) is 0 Å². The number of ether oxygens (including phenoxy) is 3. The molecule has 0 saturated heterocycles. The Kier molecular flexibility index (Phi) is 9.85. The molecule has 1 heterocycles. The molecule has 0 radical (unpaired) electrons. The first kappa shape index (κ1) is 28.0. The number of carbonyl (C=O) groups is 2. The van der Waals surface area contributed by atoms with E-state index in [1.165, 1.54) is 0 Å². The quantitative estimate of drug-likeness (QED) is 0.241. The Morgan fingerprint density at radius 3 is 2.23 bits per heavy atom. The molecule has 0 fully saturated rings. The maximum Gasteiger partial charge on any atom is 0.338 e. The number of nitrogens with one attached hydrogen (secondary N) is 2. The molecule has 0 spiro atoms. The van der Waals surface area contributed by atoms with Gasteiger partial charge in [-0.3, -0.25) is 9.69 Å². The number of rotatable bonds is 13. The lowest BCUT2D eigenvalue weighted by Crippen LogP contribution is -2.30. The number of methoxy groups -OCH3 is 2. The van der Waals surface area contributed by atoms with Gasteiger partial charge >= 0.3 is 5.97 Å². The Labute approximate surface area is 229 Å². The Morgan fingerprint density at radius 1 is 0.897 bits per heavy atom. The average Bonchev–Trinajstić information content (AvgIpc) is 3.29. The van der Waals surface area contributed by atoms with E-state index >= 15 is 0 Å². The number of nitrogens with zero attached hydrogens (tertiary/aromatic N) is 1. The van der Waals surface area contributed by atoms with Crippen molar-refractivity contribution < 1.29 is 23.8 Å². The van der Waals surface area contributed by atoms with Crippen LogP contribution in [0.25, 0.3) is 11.3 Å². The molecule has 0 unspecified atom stereocenters. The Balaban J connectivity index is 1.63. The van der Waals surface area contributed by atoms with E-state index in [0.717, 1.165) is 42.0 Å². The molecule has 3 aromatic rings. The van der Waals surface area contributed by atoms with Crippen molar-refractivity contribution in [1.82, 2.24) is 4.90 Å². The molecule has 0 aliphatic carbocycles. The Hall–Kier alpha value is -3.98. The Morgan fingerprint density at radius 2 is 1.59 bits per heavy atom.